The summed E-state index contributed by atoms with van der Waals surface area (Å²) in [5, 5.41) is 9.91. The number of benzene rings is 3. The number of halogens is 1. The van der Waals surface area contributed by atoms with E-state index in [1.54, 1.807) is 12.1 Å². The fraction of sp³-hybridized carbons (Fsp3) is 0. The Labute approximate surface area is 143 Å². The molecule has 4 aromatic rings. The first kappa shape index (κ1) is 14.6. The third-order valence-corrected chi connectivity index (χ3v) is 3.99. The topological polar surface area (TPSA) is 58.1 Å². The van der Waals surface area contributed by atoms with E-state index in [0.29, 0.717) is 16.5 Å². The second kappa shape index (κ2) is 5.91. The van der Waals surface area contributed by atoms with Gasteiger partial charge in [0.1, 0.15) is 23.1 Å². The minimum Gasteiger partial charge on any atom is -0.506 e. The molecule has 0 unspecified atom stereocenters. The van der Waals surface area contributed by atoms with Crippen molar-refractivity contribution in [2.75, 3.05) is 0 Å². The number of rotatable bonds is 3. The summed E-state index contributed by atoms with van der Waals surface area (Å²) >= 11 is 5.79. The van der Waals surface area contributed by atoms with Crippen LogP contribution in [0.2, 0.25) is 5.02 Å². The molecule has 4 rings (SSSR count). The van der Waals surface area contributed by atoms with Crippen LogP contribution in [0.5, 0.6) is 17.2 Å². The van der Waals surface area contributed by atoms with Gasteiger partial charge >= 0.3 is 0 Å². The maximum atomic E-state index is 9.62. The van der Waals surface area contributed by atoms with Crippen molar-refractivity contribution in [3.05, 3.63) is 71.8 Å². The number of H-pyrrole nitrogens is 1. The Balaban J connectivity index is 1.58. The fourth-order valence-electron chi connectivity index (χ4n) is 2.46. The molecule has 0 aliphatic carbocycles. The van der Waals surface area contributed by atoms with Gasteiger partial charge in [-0.1, -0.05) is 23.7 Å². The van der Waals surface area contributed by atoms with Gasteiger partial charge in [0.15, 0.2) is 0 Å². The number of ether oxygens (including phenoxy) is 1. The molecule has 3 aromatic carbocycles. The van der Waals surface area contributed by atoms with Gasteiger partial charge < -0.3 is 14.8 Å². The Hall–Kier alpha value is -2.98. The van der Waals surface area contributed by atoms with Gasteiger partial charge in [0.05, 0.1) is 16.1 Å². The summed E-state index contributed by atoms with van der Waals surface area (Å²) in [6.07, 6.45) is 0. The van der Waals surface area contributed by atoms with Crippen molar-refractivity contribution < 1.29 is 9.84 Å². The number of fused-ring (bicyclic) bond motifs is 1. The molecule has 1 aromatic heterocycles. The van der Waals surface area contributed by atoms with Crippen LogP contribution in [0.4, 0.5) is 0 Å². The van der Waals surface area contributed by atoms with Crippen molar-refractivity contribution in [1.82, 2.24) is 9.97 Å². The van der Waals surface area contributed by atoms with Crippen molar-refractivity contribution >= 4 is 22.6 Å². The third kappa shape index (κ3) is 2.79. The van der Waals surface area contributed by atoms with Crippen LogP contribution in [-0.2, 0) is 0 Å². The van der Waals surface area contributed by atoms with Gasteiger partial charge in [-0.3, -0.25) is 0 Å². The van der Waals surface area contributed by atoms with Gasteiger partial charge in [-0.15, -0.1) is 0 Å². The largest absolute Gasteiger partial charge is 0.506 e. The zero-order valence-corrected chi connectivity index (χ0v) is 13.3. The number of nitrogens with zero attached hydrogens (tertiary/aromatic N) is 1. The molecule has 0 saturated carbocycles. The van der Waals surface area contributed by atoms with Crippen molar-refractivity contribution in [3.63, 3.8) is 0 Å². The molecule has 4 nitrogen and oxygen atoms in total. The number of aromatic hydroxyl groups is 1. The summed E-state index contributed by atoms with van der Waals surface area (Å²) < 4.78 is 5.71. The monoisotopic (exact) mass is 336 g/mol. The maximum Gasteiger partial charge on any atom is 0.138 e. The molecule has 0 amide bonds. The summed E-state index contributed by atoms with van der Waals surface area (Å²) in [7, 11) is 0. The molecule has 5 heteroatoms. The third-order valence-electron chi connectivity index (χ3n) is 3.67. The number of imidazole rings is 1. The van der Waals surface area contributed by atoms with E-state index in [4.69, 9.17) is 16.3 Å². The standard InChI is InChI=1S/C19H13ClN2O2/c20-15-10-9-14(11-18(15)23)24-13-7-5-12(6-8-13)19-21-16-3-1-2-4-17(16)22-19/h1-11,23H,(H,21,22). The molecule has 24 heavy (non-hydrogen) atoms. The Morgan fingerprint density at radius 2 is 1.67 bits per heavy atom. The Morgan fingerprint density at radius 1 is 0.917 bits per heavy atom. The lowest BCUT2D eigenvalue weighted by atomic mass is 10.2. The number of nitrogens with one attached hydrogen (secondary N) is 1. The quantitative estimate of drug-likeness (QED) is 0.528. The van der Waals surface area contributed by atoms with Crippen LogP contribution in [0.15, 0.2) is 66.7 Å². The van der Waals surface area contributed by atoms with Gasteiger partial charge in [0.2, 0.25) is 0 Å². The number of phenols is 1. The van der Waals surface area contributed by atoms with Crippen molar-refractivity contribution in [2.45, 2.75) is 0 Å². The van der Waals surface area contributed by atoms with E-state index in [9.17, 15) is 5.11 Å². The van der Waals surface area contributed by atoms with Crippen LogP contribution in [0, 0.1) is 0 Å². The average molecular weight is 337 g/mol. The Bertz CT molecular complexity index is 976. The number of hydrogen-bond acceptors (Lipinski definition) is 3. The molecule has 0 aliphatic rings. The lowest BCUT2D eigenvalue weighted by Crippen LogP contribution is -1.85. The van der Waals surface area contributed by atoms with Crippen LogP contribution in [0.3, 0.4) is 0 Å². The highest BCUT2D eigenvalue weighted by atomic mass is 35.5. The second-order valence-corrected chi connectivity index (χ2v) is 5.75. The molecule has 0 saturated heterocycles. The van der Waals surface area contributed by atoms with Gasteiger partial charge in [-0.25, -0.2) is 4.98 Å². The van der Waals surface area contributed by atoms with Crippen LogP contribution in [0.1, 0.15) is 0 Å². The molecule has 2 N–H and O–H groups in total. The van der Waals surface area contributed by atoms with E-state index in [-0.39, 0.29) is 5.75 Å². The minimum atomic E-state index is -0.00642. The maximum absolute atomic E-state index is 9.62. The molecular formula is C19H13ClN2O2. The SMILES string of the molecule is Oc1cc(Oc2ccc(-c3nc4ccccc4[nH]3)cc2)ccc1Cl. The van der Waals surface area contributed by atoms with Crippen LogP contribution < -0.4 is 4.74 Å². The normalized spacial score (nSPS) is 10.9. The smallest absolute Gasteiger partial charge is 0.138 e. The van der Waals surface area contributed by atoms with E-state index in [1.807, 2.05) is 48.5 Å². The average Bonchev–Trinajstić information content (AvgIpc) is 3.03. The van der Waals surface area contributed by atoms with E-state index >= 15 is 0 Å². The van der Waals surface area contributed by atoms with E-state index < -0.39 is 0 Å². The van der Waals surface area contributed by atoms with Crippen molar-refractivity contribution in [1.29, 1.82) is 0 Å². The molecule has 0 fully saturated rings. The van der Waals surface area contributed by atoms with E-state index in [0.717, 1.165) is 22.4 Å². The molecule has 1 heterocycles. The fourth-order valence-corrected chi connectivity index (χ4v) is 2.58. The van der Waals surface area contributed by atoms with E-state index in [1.165, 1.54) is 6.07 Å². The van der Waals surface area contributed by atoms with Crippen LogP contribution in [-0.4, -0.2) is 15.1 Å². The number of aromatic nitrogens is 2. The zero-order chi connectivity index (χ0) is 16.5. The van der Waals surface area contributed by atoms with Crippen LogP contribution in [0.25, 0.3) is 22.4 Å². The summed E-state index contributed by atoms with van der Waals surface area (Å²) in [5.41, 5.74) is 2.91. The summed E-state index contributed by atoms with van der Waals surface area (Å²) in [6, 6.07) is 20.3. The highest BCUT2D eigenvalue weighted by Crippen LogP contribution is 2.31. The minimum absolute atomic E-state index is 0.00642. The molecule has 118 valence electrons. The number of hydrogen-bond donors (Lipinski definition) is 2. The summed E-state index contributed by atoms with van der Waals surface area (Å²) in [5.74, 6) is 1.99. The van der Waals surface area contributed by atoms with Gasteiger partial charge in [0, 0.05) is 11.6 Å². The first-order valence-electron chi connectivity index (χ1n) is 7.40. The highest BCUT2D eigenvalue weighted by molar-refractivity contribution is 6.32. The first-order valence-corrected chi connectivity index (χ1v) is 7.78. The van der Waals surface area contributed by atoms with Crippen LogP contribution >= 0.6 is 11.6 Å². The van der Waals surface area contributed by atoms with Gasteiger partial charge in [-0.2, -0.15) is 0 Å². The summed E-state index contributed by atoms with van der Waals surface area (Å²) in [6.45, 7) is 0. The molecule has 0 radical (unpaired) electrons. The zero-order valence-electron chi connectivity index (χ0n) is 12.5. The Morgan fingerprint density at radius 3 is 2.42 bits per heavy atom. The molecule has 0 atom stereocenters. The molecular weight excluding hydrogens is 324 g/mol. The van der Waals surface area contributed by atoms with Crippen molar-refractivity contribution in [3.8, 4) is 28.6 Å². The summed E-state index contributed by atoms with van der Waals surface area (Å²) in [4.78, 5) is 7.87. The Kier molecular flexibility index (Phi) is 3.59. The predicted molar refractivity (Wildman–Crippen MR) is 94.7 cm³/mol. The van der Waals surface area contributed by atoms with Crippen molar-refractivity contribution in [2.24, 2.45) is 0 Å². The first-order chi connectivity index (χ1) is 11.7. The van der Waals surface area contributed by atoms with Gasteiger partial charge in [0.25, 0.3) is 0 Å². The molecule has 0 aliphatic heterocycles. The number of aromatic amines is 1. The number of phenolic OH excluding ortho intramolecular Hbond substituents is 1. The highest BCUT2D eigenvalue weighted by Gasteiger charge is 2.06. The second-order valence-electron chi connectivity index (χ2n) is 5.34. The lowest BCUT2D eigenvalue weighted by molar-refractivity contribution is 0.455. The number of para-hydroxylation sites is 2. The van der Waals surface area contributed by atoms with Gasteiger partial charge in [-0.05, 0) is 48.5 Å². The molecule has 0 bridgehead atoms. The lowest BCUT2D eigenvalue weighted by Gasteiger charge is -2.07. The molecule has 0 spiro atoms. The van der Waals surface area contributed by atoms with E-state index in [2.05, 4.69) is 9.97 Å². The predicted octanol–water partition coefficient (Wildman–Crippen LogP) is 5.38.